The second kappa shape index (κ2) is 7.96. The number of alkyl halides is 2. The summed E-state index contributed by atoms with van der Waals surface area (Å²) in [5, 5.41) is 2.73. The molecule has 122 valence electrons. The summed E-state index contributed by atoms with van der Waals surface area (Å²) in [4.78, 5) is 12.0. The predicted molar refractivity (Wildman–Crippen MR) is 79.4 cm³/mol. The fourth-order valence-corrected chi connectivity index (χ4v) is 2.81. The van der Waals surface area contributed by atoms with Gasteiger partial charge in [-0.05, 0) is 30.9 Å². The van der Waals surface area contributed by atoms with Crippen molar-refractivity contribution in [1.29, 1.82) is 0 Å². The van der Waals surface area contributed by atoms with E-state index in [-0.39, 0.29) is 17.4 Å². The van der Waals surface area contributed by atoms with Crippen molar-refractivity contribution in [3.63, 3.8) is 0 Å². The Balaban J connectivity index is 1.97. The monoisotopic (exact) mass is 313 g/mol. The fourth-order valence-electron chi connectivity index (χ4n) is 2.81. The van der Waals surface area contributed by atoms with E-state index in [1.54, 1.807) is 6.07 Å². The Bertz CT molecular complexity index is 502. The van der Waals surface area contributed by atoms with Crippen molar-refractivity contribution >= 4 is 11.6 Å². The van der Waals surface area contributed by atoms with Gasteiger partial charge in [-0.3, -0.25) is 4.79 Å². The lowest BCUT2D eigenvalue weighted by molar-refractivity contribution is -0.117. The van der Waals surface area contributed by atoms with Gasteiger partial charge in [0, 0.05) is 18.2 Å². The number of halogens is 2. The van der Waals surface area contributed by atoms with Crippen molar-refractivity contribution in [2.24, 2.45) is 5.92 Å². The molecule has 1 aromatic carbocycles. The van der Waals surface area contributed by atoms with Crippen LogP contribution in [0.2, 0.25) is 0 Å². The highest BCUT2D eigenvalue weighted by atomic mass is 19.3. The van der Waals surface area contributed by atoms with Gasteiger partial charge < -0.3 is 14.8 Å². The van der Waals surface area contributed by atoms with Gasteiger partial charge in [0.15, 0.2) is 11.5 Å². The minimum atomic E-state index is -2.94. The maximum Gasteiger partial charge on any atom is 0.387 e. The minimum Gasteiger partial charge on any atom is -0.493 e. The van der Waals surface area contributed by atoms with E-state index in [1.165, 1.54) is 38.5 Å². The fraction of sp³-hybridized carbons (Fsp3) is 0.562. The Morgan fingerprint density at radius 3 is 2.64 bits per heavy atom. The van der Waals surface area contributed by atoms with E-state index >= 15 is 0 Å². The van der Waals surface area contributed by atoms with E-state index in [4.69, 9.17) is 4.74 Å². The molecule has 0 spiro atoms. The highest BCUT2D eigenvalue weighted by Crippen LogP contribution is 2.32. The molecule has 0 bridgehead atoms. The van der Waals surface area contributed by atoms with Gasteiger partial charge in [-0.2, -0.15) is 8.78 Å². The number of anilines is 1. The minimum absolute atomic E-state index is 0.0898. The number of ether oxygens (including phenoxy) is 2. The maximum absolute atomic E-state index is 12.4. The van der Waals surface area contributed by atoms with Crippen LogP contribution in [0.15, 0.2) is 18.2 Å². The molecule has 0 atom stereocenters. The Kier molecular flexibility index (Phi) is 5.98. The largest absolute Gasteiger partial charge is 0.493 e. The molecular weight excluding hydrogens is 292 g/mol. The summed E-state index contributed by atoms with van der Waals surface area (Å²) in [7, 11) is 1.37. The lowest BCUT2D eigenvalue weighted by atomic mass is 9.87. The van der Waals surface area contributed by atoms with Crippen molar-refractivity contribution in [2.75, 3.05) is 12.4 Å². The number of hydrogen-bond donors (Lipinski definition) is 1. The summed E-state index contributed by atoms with van der Waals surface area (Å²) in [6.07, 6.45) is 6.22. The number of hydrogen-bond acceptors (Lipinski definition) is 3. The first kappa shape index (κ1) is 16.5. The van der Waals surface area contributed by atoms with Gasteiger partial charge in [0.1, 0.15) is 0 Å². The number of amides is 1. The standard InChI is InChI=1S/C16H21F2NO3/c1-21-13-8-7-12(10-14(13)22-16(17)18)19-15(20)9-11-5-3-2-4-6-11/h7-8,10-11,16H,2-6,9H2,1H3,(H,19,20). The normalized spacial score (nSPS) is 15.6. The molecule has 1 aliphatic rings. The van der Waals surface area contributed by atoms with E-state index < -0.39 is 6.61 Å². The van der Waals surface area contributed by atoms with Crippen LogP contribution >= 0.6 is 0 Å². The van der Waals surface area contributed by atoms with Crippen LogP contribution < -0.4 is 14.8 Å². The van der Waals surface area contributed by atoms with Gasteiger partial charge in [-0.15, -0.1) is 0 Å². The SMILES string of the molecule is COc1ccc(NC(=O)CC2CCCCC2)cc1OC(F)F. The number of carbonyl (C=O) groups is 1. The average molecular weight is 313 g/mol. The molecule has 0 heterocycles. The van der Waals surface area contributed by atoms with Gasteiger partial charge in [0.2, 0.25) is 5.91 Å². The molecule has 2 rings (SSSR count). The summed E-state index contributed by atoms with van der Waals surface area (Å²) >= 11 is 0. The lowest BCUT2D eigenvalue weighted by Crippen LogP contribution is -2.18. The van der Waals surface area contributed by atoms with Crippen LogP contribution in [0, 0.1) is 5.92 Å². The summed E-state index contributed by atoms with van der Waals surface area (Å²) in [6.45, 7) is -2.94. The molecule has 6 heteroatoms. The highest BCUT2D eigenvalue weighted by Gasteiger charge is 2.18. The van der Waals surface area contributed by atoms with Crippen LogP contribution in [0.1, 0.15) is 38.5 Å². The Labute approximate surface area is 128 Å². The van der Waals surface area contributed by atoms with Crippen LogP contribution in [0.3, 0.4) is 0 Å². The zero-order valence-corrected chi connectivity index (χ0v) is 12.6. The number of carbonyl (C=O) groups excluding carboxylic acids is 1. The molecule has 1 fully saturated rings. The number of methoxy groups -OCH3 is 1. The number of benzene rings is 1. The van der Waals surface area contributed by atoms with Crippen LogP contribution in [-0.2, 0) is 4.79 Å². The smallest absolute Gasteiger partial charge is 0.387 e. The summed E-state index contributed by atoms with van der Waals surface area (Å²) in [5.41, 5.74) is 0.428. The second-order valence-electron chi connectivity index (χ2n) is 5.50. The average Bonchev–Trinajstić information content (AvgIpc) is 2.48. The lowest BCUT2D eigenvalue weighted by Gasteiger charge is -2.21. The predicted octanol–water partition coefficient (Wildman–Crippen LogP) is 4.21. The topological polar surface area (TPSA) is 47.6 Å². The molecule has 1 aromatic rings. The second-order valence-corrected chi connectivity index (χ2v) is 5.50. The van der Waals surface area contributed by atoms with E-state index in [2.05, 4.69) is 10.1 Å². The molecule has 1 amide bonds. The highest BCUT2D eigenvalue weighted by molar-refractivity contribution is 5.91. The Morgan fingerprint density at radius 2 is 2.00 bits per heavy atom. The van der Waals surface area contributed by atoms with Gasteiger partial charge in [0.05, 0.1) is 7.11 Å². The third-order valence-corrected chi connectivity index (χ3v) is 3.86. The van der Waals surface area contributed by atoms with E-state index in [0.29, 0.717) is 18.0 Å². The first-order valence-corrected chi connectivity index (χ1v) is 7.51. The van der Waals surface area contributed by atoms with Crippen LogP contribution in [0.4, 0.5) is 14.5 Å². The Hall–Kier alpha value is -1.85. The molecule has 0 unspecified atom stereocenters. The molecule has 1 aliphatic carbocycles. The molecule has 0 radical (unpaired) electrons. The van der Waals surface area contributed by atoms with Crippen molar-refractivity contribution in [2.45, 2.75) is 45.1 Å². The third kappa shape index (κ3) is 4.86. The van der Waals surface area contributed by atoms with Gasteiger partial charge >= 0.3 is 6.61 Å². The van der Waals surface area contributed by atoms with Gasteiger partial charge in [0.25, 0.3) is 0 Å². The zero-order valence-electron chi connectivity index (χ0n) is 12.6. The van der Waals surface area contributed by atoms with Crippen molar-refractivity contribution in [3.05, 3.63) is 18.2 Å². The van der Waals surface area contributed by atoms with Gasteiger partial charge in [-0.25, -0.2) is 0 Å². The maximum atomic E-state index is 12.4. The number of rotatable bonds is 6. The van der Waals surface area contributed by atoms with E-state index in [9.17, 15) is 13.6 Å². The van der Waals surface area contributed by atoms with E-state index in [0.717, 1.165) is 12.8 Å². The molecule has 0 aromatic heterocycles. The third-order valence-electron chi connectivity index (χ3n) is 3.86. The van der Waals surface area contributed by atoms with Gasteiger partial charge in [-0.1, -0.05) is 19.3 Å². The van der Waals surface area contributed by atoms with Crippen LogP contribution in [0.25, 0.3) is 0 Å². The molecular formula is C16H21F2NO3. The molecule has 22 heavy (non-hydrogen) atoms. The molecule has 1 N–H and O–H groups in total. The quantitative estimate of drug-likeness (QED) is 0.856. The number of nitrogens with one attached hydrogen (secondary N) is 1. The summed E-state index contributed by atoms with van der Waals surface area (Å²) in [6, 6.07) is 4.45. The van der Waals surface area contributed by atoms with Crippen molar-refractivity contribution < 1.29 is 23.0 Å². The molecule has 0 aliphatic heterocycles. The van der Waals surface area contributed by atoms with Crippen LogP contribution in [-0.4, -0.2) is 19.6 Å². The first-order chi connectivity index (χ1) is 10.6. The molecule has 0 saturated heterocycles. The molecule has 1 saturated carbocycles. The van der Waals surface area contributed by atoms with Crippen LogP contribution in [0.5, 0.6) is 11.5 Å². The zero-order chi connectivity index (χ0) is 15.9. The molecule has 4 nitrogen and oxygen atoms in total. The Morgan fingerprint density at radius 1 is 1.27 bits per heavy atom. The first-order valence-electron chi connectivity index (χ1n) is 7.51. The van der Waals surface area contributed by atoms with Crippen molar-refractivity contribution in [1.82, 2.24) is 0 Å². The summed E-state index contributed by atoms with van der Waals surface area (Å²) < 4.78 is 34.1. The summed E-state index contributed by atoms with van der Waals surface area (Å²) in [5.74, 6) is 0.433. The van der Waals surface area contributed by atoms with E-state index in [1.807, 2.05) is 0 Å². The van der Waals surface area contributed by atoms with Crippen molar-refractivity contribution in [3.8, 4) is 11.5 Å².